The van der Waals surface area contributed by atoms with Crippen LogP contribution in [0, 0.1) is 0 Å². The number of aliphatic hydroxyl groups excluding tert-OH is 1. The highest BCUT2D eigenvalue weighted by atomic mass is 35.5. The Bertz CT molecular complexity index is 658. The fourth-order valence-corrected chi connectivity index (χ4v) is 3.00. The Hall–Kier alpha value is -1.60. The molecule has 1 atom stereocenters. The van der Waals surface area contributed by atoms with Crippen LogP contribution < -0.4 is 10.1 Å². The van der Waals surface area contributed by atoms with E-state index in [1.54, 1.807) is 49.4 Å². The molecule has 1 aromatic heterocycles. The van der Waals surface area contributed by atoms with Crippen molar-refractivity contribution in [2.24, 2.45) is 0 Å². The number of amides is 1. The lowest BCUT2D eigenvalue weighted by Gasteiger charge is -2.26. The van der Waals surface area contributed by atoms with Crippen LogP contribution in [-0.2, 0) is 9.53 Å². The number of halogens is 1. The van der Waals surface area contributed by atoms with E-state index in [9.17, 15) is 4.79 Å². The molecule has 7 heteroatoms. The number of carbonyl (C=O) groups excluding carboxylic acids is 1. The van der Waals surface area contributed by atoms with Crippen molar-refractivity contribution < 1.29 is 19.4 Å². The fraction of sp³-hybridized carbons (Fsp3) is 0.389. The van der Waals surface area contributed by atoms with E-state index >= 15 is 0 Å². The predicted octanol–water partition coefficient (Wildman–Crippen LogP) is 3.43. The van der Waals surface area contributed by atoms with Crippen molar-refractivity contribution in [3.05, 3.63) is 51.7 Å². The van der Waals surface area contributed by atoms with Gasteiger partial charge in [0.15, 0.2) is 5.60 Å². The lowest BCUT2D eigenvalue weighted by Crippen LogP contribution is -2.47. The molecule has 5 nitrogen and oxygen atoms in total. The van der Waals surface area contributed by atoms with Crippen molar-refractivity contribution in [1.29, 1.82) is 0 Å². The number of aliphatic hydroxyl groups is 1. The van der Waals surface area contributed by atoms with Gasteiger partial charge in [-0.1, -0.05) is 11.6 Å². The van der Waals surface area contributed by atoms with Gasteiger partial charge in [-0.15, -0.1) is 0 Å². The molecule has 1 amide bonds. The number of carbonyl (C=O) groups is 1. The summed E-state index contributed by atoms with van der Waals surface area (Å²) in [6.45, 7) is 3.83. The van der Waals surface area contributed by atoms with Crippen LogP contribution in [0.5, 0.6) is 5.75 Å². The van der Waals surface area contributed by atoms with Crippen LogP contribution in [0.4, 0.5) is 0 Å². The summed E-state index contributed by atoms with van der Waals surface area (Å²) >= 11 is 7.41. The Morgan fingerprint density at radius 2 is 2.04 bits per heavy atom. The highest BCUT2D eigenvalue weighted by Gasteiger charge is 2.30. The van der Waals surface area contributed by atoms with Crippen LogP contribution in [0.3, 0.4) is 0 Å². The summed E-state index contributed by atoms with van der Waals surface area (Å²) in [6.07, 6.45) is -0.311. The molecule has 0 radical (unpaired) electrons. The summed E-state index contributed by atoms with van der Waals surface area (Å²) in [5, 5.41) is 16.3. The molecule has 0 saturated carbocycles. The van der Waals surface area contributed by atoms with Gasteiger partial charge >= 0.3 is 0 Å². The Morgan fingerprint density at radius 3 is 2.64 bits per heavy atom. The minimum Gasteiger partial charge on any atom is -0.478 e. The van der Waals surface area contributed by atoms with E-state index in [1.807, 2.05) is 16.8 Å². The first kappa shape index (κ1) is 19.7. The van der Waals surface area contributed by atoms with Crippen LogP contribution in [-0.4, -0.2) is 36.4 Å². The largest absolute Gasteiger partial charge is 0.478 e. The van der Waals surface area contributed by atoms with E-state index in [-0.39, 0.29) is 25.2 Å². The molecule has 0 saturated heterocycles. The summed E-state index contributed by atoms with van der Waals surface area (Å²) in [4.78, 5) is 12.5. The van der Waals surface area contributed by atoms with E-state index in [0.29, 0.717) is 17.3 Å². The van der Waals surface area contributed by atoms with Crippen molar-refractivity contribution >= 4 is 28.8 Å². The number of hydrogen-bond acceptors (Lipinski definition) is 5. The van der Waals surface area contributed by atoms with Crippen molar-refractivity contribution in [2.75, 3.05) is 19.8 Å². The van der Waals surface area contributed by atoms with E-state index in [0.717, 1.165) is 5.56 Å². The monoisotopic (exact) mass is 383 g/mol. The van der Waals surface area contributed by atoms with Crippen molar-refractivity contribution in [1.82, 2.24) is 5.32 Å². The molecule has 2 aromatic rings. The van der Waals surface area contributed by atoms with Gasteiger partial charge in [0.05, 0.1) is 13.2 Å². The first-order chi connectivity index (χ1) is 11.9. The molecule has 0 spiro atoms. The highest BCUT2D eigenvalue weighted by Crippen LogP contribution is 2.22. The number of hydrogen-bond donors (Lipinski definition) is 2. The Kier molecular flexibility index (Phi) is 7.25. The average molecular weight is 384 g/mol. The van der Waals surface area contributed by atoms with E-state index in [1.165, 1.54) is 0 Å². The van der Waals surface area contributed by atoms with Crippen LogP contribution in [0.25, 0.3) is 0 Å². The normalized spacial score (nSPS) is 12.6. The molecule has 2 N–H and O–H groups in total. The van der Waals surface area contributed by atoms with Gasteiger partial charge in [0.25, 0.3) is 5.91 Å². The van der Waals surface area contributed by atoms with Crippen molar-refractivity contribution in [3.63, 3.8) is 0 Å². The molecule has 2 rings (SSSR count). The first-order valence-electron chi connectivity index (χ1n) is 7.90. The van der Waals surface area contributed by atoms with Crippen molar-refractivity contribution in [2.45, 2.75) is 25.6 Å². The van der Waals surface area contributed by atoms with Gasteiger partial charge in [-0.25, -0.2) is 0 Å². The van der Waals surface area contributed by atoms with Crippen LogP contribution in [0.1, 0.15) is 25.5 Å². The van der Waals surface area contributed by atoms with Crippen LogP contribution in [0.2, 0.25) is 5.02 Å². The predicted molar refractivity (Wildman–Crippen MR) is 99.3 cm³/mol. The van der Waals surface area contributed by atoms with Gasteiger partial charge in [-0.2, -0.15) is 11.3 Å². The third-order valence-electron chi connectivity index (χ3n) is 3.51. The zero-order valence-corrected chi connectivity index (χ0v) is 15.8. The highest BCUT2D eigenvalue weighted by molar-refractivity contribution is 7.07. The molecule has 1 aromatic carbocycles. The number of thiophene rings is 1. The van der Waals surface area contributed by atoms with Crippen molar-refractivity contribution in [3.8, 4) is 5.75 Å². The molecule has 136 valence electrons. The first-order valence-corrected chi connectivity index (χ1v) is 9.22. The molecule has 25 heavy (non-hydrogen) atoms. The lowest BCUT2D eigenvalue weighted by molar-refractivity contribution is -0.135. The Labute approximate surface area is 156 Å². The van der Waals surface area contributed by atoms with Gasteiger partial charge < -0.3 is 19.9 Å². The third-order valence-corrected chi connectivity index (χ3v) is 4.46. The molecule has 0 bridgehead atoms. The molecular formula is C18H22ClNO4S. The Balaban J connectivity index is 1.95. The Morgan fingerprint density at radius 1 is 1.32 bits per heavy atom. The summed E-state index contributed by atoms with van der Waals surface area (Å²) < 4.78 is 11.4. The van der Waals surface area contributed by atoms with Crippen LogP contribution in [0.15, 0.2) is 41.1 Å². The summed E-state index contributed by atoms with van der Waals surface area (Å²) in [5.74, 6) is 0.311. The minimum absolute atomic E-state index is 0.0697. The third kappa shape index (κ3) is 6.01. The second-order valence-corrected chi connectivity index (χ2v) is 7.13. The number of nitrogens with one attached hydrogen (secondary N) is 1. The van der Waals surface area contributed by atoms with Gasteiger partial charge in [0, 0.05) is 11.6 Å². The zero-order valence-electron chi connectivity index (χ0n) is 14.2. The number of rotatable bonds is 9. The number of benzene rings is 1. The van der Waals surface area contributed by atoms with Crippen LogP contribution >= 0.6 is 22.9 Å². The minimum atomic E-state index is -1.05. The average Bonchev–Trinajstić information content (AvgIpc) is 3.11. The maximum atomic E-state index is 12.5. The van der Waals surface area contributed by atoms with Gasteiger partial charge in [-0.3, -0.25) is 4.79 Å². The summed E-state index contributed by atoms with van der Waals surface area (Å²) in [6, 6.07) is 8.79. The van der Waals surface area contributed by atoms with E-state index in [2.05, 4.69) is 5.32 Å². The number of ether oxygens (including phenoxy) is 2. The molecule has 1 heterocycles. The molecule has 0 aliphatic carbocycles. The smallest absolute Gasteiger partial charge is 0.263 e. The summed E-state index contributed by atoms with van der Waals surface area (Å²) in [5.41, 5.74) is -0.0838. The van der Waals surface area contributed by atoms with Gasteiger partial charge in [0.1, 0.15) is 11.9 Å². The maximum absolute atomic E-state index is 12.5. The quantitative estimate of drug-likeness (QED) is 0.696. The SMILES string of the molecule is CC(C)(Oc1ccc(Cl)cc1)C(=O)NCC(OCCO)c1ccsc1. The van der Waals surface area contributed by atoms with E-state index in [4.69, 9.17) is 26.2 Å². The summed E-state index contributed by atoms with van der Waals surface area (Å²) in [7, 11) is 0. The standard InChI is InChI=1S/C18H22ClNO4S/c1-18(2,24-15-5-3-14(19)4-6-15)17(22)20-11-16(23-9-8-21)13-7-10-25-12-13/h3-7,10,12,16,21H,8-9,11H2,1-2H3,(H,20,22). The van der Waals surface area contributed by atoms with Gasteiger partial charge in [-0.05, 0) is 60.5 Å². The second kappa shape index (κ2) is 9.20. The molecule has 0 fully saturated rings. The molecular weight excluding hydrogens is 362 g/mol. The maximum Gasteiger partial charge on any atom is 0.263 e. The fourth-order valence-electron chi connectivity index (χ4n) is 2.17. The zero-order chi connectivity index (χ0) is 18.3. The molecule has 0 aliphatic heterocycles. The second-order valence-electron chi connectivity index (χ2n) is 5.92. The lowest BCUT2D eigenvalue weighted by atomic mass is 10.1. The van der Waals surface area contributed by atoms with E-state index < -0.39 is 5.60 Å². The molecule has 1 unspecified atom stereocenters. The van der Waals surface area contributed by atoms with Gasteiger partial charge in [0.2, 0.25) is 0 Å². The topological polar surface area (TPSA) is 67.8 Å². The molecule has 0 aliphatic rings.